The van der Waals surface area contributed by atoms with Crippen LogP contribution in [-0.4, -0.2) is 17.5 Å². The number of thiophene rings is 1. The Morgan fingerprint density at radius 1 is 1.25 bits per heavy atom. The van der Waals surface area contributed by atoms with Gasteiger partial charge in [0.05, 0.1) is 12.2 Å². The van der Waals surface area contributed by atoms with Crippen LogP contribution in [0, 0.1) is 11.3 Å². The van der Waals surface area contributed by atoms with E-state index < -0.39 is 5.97 Å². The summed E-state index contributed by atoms with van der Waals surface area (Å²) in [6.45, 7) is 8.18. The largest absolute Gasteiger partial charge is 1.00 e. The first-order valence-electron chi connectivity index (χ1n) is 9.75. The van der Waals surface area contributed by atoms with Crippen molar-refractivity contribution in [1.29, 1.82) is 0 Å². The Bertz CT molecular complexity index is 732. The molecule has 1 aliphatic rings. The normalized spacial score (nSPS) is 19.8. The van der Waals surface area contributed by atoms with Gasteiger partial charge in [0.15, 0.2) is 5.13 Å². The first-order chi connectivity index (χ1) is 12.8. The summed E-state index contributed by atoms with van der Waals surface area (Å²) in [5.74, 6) is 0.326. The summed E-state index contributed by atoms with van der Waals surface area (Å²) in [4.78, 5) is 19.2. The Morgan fingerprint density at radius 3 is 2.54 bits per heavy atom. The average molecular weight is 429 g/mol. The smallest absolute Gasteiger partial charge is 0.550 e. The molecule has 0 radical (unpaired) electrons. The van der Waals surface area contributed by atoms with E-state index in [1.165, 1.54) is 36.3 Å². The SMILES string of the molecule is CC(C)(C)C1CCC(c2csc(N(CCC(=O)[O-])Cc3cccs3)n2)CC1.[Na+]. The monoisotopic (exact) mass is 428 g/mol. The van der Waals surface area contributed by atoms with E-state index in [0.29, 0.717) is 24.4 Å². The van der Waals surface area contributed by atoms with Crippen LogP contribution in [0.15, 0.2) is 22.9 Å². The second kappa shape index (κ2) is 10.6. The zero-order valence-electron chi connectivity index (χ0n) is 17.4. The van der Waals surface area contributed by atoms with Gasteiger partial charge >= 0.3 is 29.6 Å². The Labute approximate surface area is 198 Å². The molecular formula is C21H29N2NaO2S2. The van der Waals surface area contributed by atoms with Gasteiger partial charge in [-0.15, -0.1) is 22.7 Å². The molecule has 0 aliphatic heterocycles. The van der Waals surface area contributed by atoms with Crippen molar-refractivity contribution < 1.29 is 39.5 Å². The van der Waals surface area contributed by atoms with Gasteiger partial charge in [-0.3, -0.25) is 0 Å². The van der Waals surface area contributed by atoms with Gasteiger partial charge in [0, 0.05) is 35.1 Å². The molecule has 3 rings (SSSR count). The second-order valence-electron chi connectivity index (χ2n) is 8.59. The molecule has 1 saturated carbocycles. The minimum Gasteiger partial charge on any atom is -0.550 e. The maximum absolute atomic E-state index is 10.9. The average Bonchev–Trinajstić information content (AvgIpc) is 3.29. The molecule has 0 N–H and O–H groups in total. The molecule has 0 atom stereocenters. The molecule has 2 aromatic heterocycles. The van der Waals surface area contributed by atoms with Crippen LogP contribution < -0.4 is 39.6 Å². The van der Waals surface area contributed by atoms with Gasteiger partial charge in [0.25, 0.3) is 0 Å². The number of carbonyl (C=O) groups is 1. The molecule has 2 aromatic rings. The van der Waals surface area contributed by atoms with Gasteiger partial charge < -0.3 is 14.8 Å². The molecule has 0 amide bonds. The van der Waals surface area contributed by atoms with Gasteiger partial charge in [-0.1, -0.05) is 26.8 Å². The number of thiazole rings is 1. The third kappa shape index (κ3) is 6.56. The molecule has 148 valence electrons. The quantitative estimate of drug-likeness (QED) is 0.630. The zero-order chi connectivity index (χ0) is 19.4. The Kier molecular flexibility index (Phi) is 9.02. The number of carbonyl (C=O) groups excluding carboxylic acids is 1. The molecule has 0 aromatic carbocycles. The summed E-state index contributed by atoms with van der Waals surface area (Å²) in [5.41, 5.74) is 1.58. The minimum atomic E-state index is -1.01. The number of rotatable bonds is 7. The van der Waals surface area contributed by atoms with Gasteiger partial charge in [0.1, 0.15) is 0 Å². The maximum atomic E-state index is 10.9. The van der Waals surface area contributed by atoms with Gasteiger partial charge in [0.2, 0.25) is 0 Å². The number of aliphatic carboxylic acids is 1. The molecule has 0 spiro atoms. The van der Waals surface area contributed by atoms with Gasteiger partial charge in [-0.25, -0.2) is 4.98 Å². The molecule has 0 bridgehead atoms. The predicted octanol–water partition coefficient (Wildman–Crippen LogP) is 1.68. The van der Waals surface area contributed by atoms with Crippen LogP contribution in [0.2, 0.25) is 0 Å². The standard InChI is InChI=1S/C21H30N2O2S2.Na/c1-21(2,3)16-8-6-15(7-9-16)18-14-27-20(22-18)23(11-10-19(24)25)13-17-5-4-12-26-17;/h4-5,12,14-16H,6-11,13H2,1-3H3,(H,24,25);/q;+1/p-1. The molecule has 4 nitrogen and oxygen atoms in total. The van der Waals surface area contributed by atoms with Crippen molar-refractivity contribution in [3.05, 3.63) is 33.5 Å². The van der Waals surface area contributed by atoms with Gasteiger partial charge in [-0.05, 0) is 48.5 Å². The summed E-state index contributed by atoms with van der Waals surface area (Å²) in [7, 11) is 0. The first-order valence-corrected chi connectivity index (χ1v) is 11.5. The molecule has 1 aliphatic carbocycles. The Morgan fingerprint density at radius 2 is 1.96 bits per heavy atom. The second-order valence-corrected chi connectivity index (χ2v) is 10.5. The van der Waals surface area contributed by atoms with E-state index in [1.807, 2.05) is 11.4 Å². The van der Waals surface area contributed by atoms with Crippen LogP contribution in [0.4, 0.5) is 5.13 Å². The van der Waals surface area contributed by atoms with Crippen LogP contribution >= 0.6 is 22.7 Å². The minimum absolute atomic E-state index is 0. The molecule has 2 heterocycles. The molecular weight excluding hydrogens is 399 g/mol. The fraction of sp³-hybridized carbons (Fsp3) is 0.619. The molecule has 0 unspecified atom stereocenters. The summed E-state index contributed by atoms with van der Waals surface area (Å²) < 4.78 is 0. The summed E-state index contributed by atoms with van der Waals surface area (Å²) in [6.07, 6.45) is 4.97. The van der Waals surface area contributed by atoms with E-state index in [2.05, 4.69) is 37.1 Å². The molecule has 1 fully saturated rings. The van der Waals surface area contributed by atoms with Gasteiger partial charge in [-0.2, -0.15) is 0 Å². The van der Waals surface area contributed by atoms with Crippen LogP contribution in [0.25, 0.3) is 0 Å². The summed E-state index contributed by atoms with van der Waals surface area (Å²) >= 11 is 3.33. The van der Waals surface area contributed by atoms with E-state index in [-0.39, 0.29) is 36.0 Å². The number of aromatic nitrogens is 1. The van der Waals surface area contributed by atoms with E-state index in [1.54, 1.807) is 22.7 Å². The fourth-order valence-electron chi connectivity index (χ4n) is 3.92. The number of nitrogens with zero attached hydrogens (tertiary/aromatic N) is 2. The van der Waals surface area contributed by atoms with Crippen molar-refractivity contribution >= 4 is 33.8 Å². The molecule has 7 heteroatoms. The van der Waals surface area contributed by atoms with E-state index in [0.717, 1.165) is 11.0 Å². The van der Waals surface area contributed by atoms with Crippen molar-refractivity contribution in [3.63, 3.8) is 0 Å². The molecule has 0 saturated heterocycles. The summed E-state index contributed by atoms with van der Waals surface area (Å²) in [5, 5.41) is 16.1. The number of hydrogen-bond acceptors (Lipinski definition) is 6. The first kappa shape index (κ1) is 23.9. The van der Waals surface area contributed by atoms with Crippen molar-refractivity contribution in [2.24, 2.45) is 11.3 Å². The number of carboxylic acids is 1. The fourth-order valence-corrected chi connectivity index (χ4v) is 5.58. The Hall–Kier alpha value is -0.400. The number of hydrogen-bond donors (Lipinski definition) is 0. The Balaban J connectivity index is 0.00000280. The van der Waals surface area contributed by atoms with Crippen LogP contribution in [0.1, 0.15) is 69.4 Å². The topological polar surface area (TPSA) is 56.3 Å². The van der Waals surface area contributed by atoms with E-state index >= 15 is 0 Å². The zero-order valence-corrected chi connectivity index (χ0v) is 21.1. The van der Waals surface area contributed by atoms with Crippen molar-refractivity contribution in [2.75, 3.05) is 11.4 Å². The van der Waals surface area contributed by atoms with Crippen LogP contribution in [0.3, 0.4) is 0 Å². The van der Waals surface area contributed by atoms with E-state index in [9.17, 15) is 9.90 Å². The van der Waals surface area contributed by atoms with E-state index in [4.69, 9.17) is 4.98 Å². The number of anilines is 1. The van der Waals surface area contributed by atoms with Crippen molar-refractivity contribution in [1.82, 2.24) is 4.98 Å². The maximum Gasteiger partial charge on any atom is 1.00 e. The molecule has 28 heavy (non-hydrogen) atoms. The van der Waals surface area contributed by atoms with Crippen LogP contribution in [0.5, 0.6) is 0 Å². The predicted molar refractivity (Wildman–Crippen MR) is 111 cm³/mol. The third-order valence-electron chi connectivity index (χ3n) is 5.66. The van der Waals surface area contributed by atoms with Crippen LogP contribution in [-0.2, 0) is 11.3 Å². The third-order valence-corrected chi connectivity index (χ3v) is 7.44. The summed E-state index contributed by atoms with van der Waals surface area (Å²) in [6, 6.07) is 4.11. The van der Waals surface area contributed by atoms with Crippen molar-refractivity contribution in [2.45, 2.75) is 65.3 Å². The number of carboxylic acid groups (broad SMARTS) is 1. The van der Waals surface area contributed by atoms with Crippen molar-refractivity contribution in [3.8, 4) is 0 Å².